The maximum atomic E-state index is 11.3. The minimum Gasteiger partial charge on any atom is -0.392 e. The Morgan fingerprint density at radius 1 is 1.29 bits per heavy atom. The Balaban J connectivity index is 2.07. The Bertz CT molecular complexity index is 813. The first kappa shape index (κ1) is 13.1. The lowest BCUT2D eigenvalue weighted by atomic mass is 10.2. The highest BCUT2D eigenvalue weighted by atomic mass is 16.6. The number of anilines is 2. The molecule has 0 aliphatic heterocycles. The molecular formula is C14H12N4O3. The summed E-state index contributed by atoms with van der Waals surface area (Å²) in [6.45, 7) is -0.0945. The number of imidazole rings is 1. The molecule has 2 heterocycles. The minimum absolute atomic E-state index is 0.0945. The molecule has 7 heteroatoms. The smallest absolute Gasteiger partial charge is 0.372 e. The van der Waals surface area contributed by atoms with Crippen LogP contribution in [0.2, 0.25) is 0 Å². The molecule has 3 rings (SSSR count). The van der Waals surface area contributed by atoms with E-state index in [1.807, 2.05) is 0 Å². The van der Waals surface area contributed by atoms with Gasteiger partial charge in [-0.2, -0.15) is 9.38 Å². The van der Waals surface area contributed by atoms with E-state index in [-0.39, 0.29) is 18.2 Å². The van der Waals surface area contributed by atoms with Crippen molar-refractivity contribution < 1.29 is 10.0 Å². The van der Waals surface area contributed by atoms with Crippen molar-refractivity contribution in [3.05, 3.63) is 64.3 Å². The van der Waals surface area contributed by atoms with Gasteiger partial charge >= 0.3 is 5.82 Å². The molecule has 0 atom stereocenters. The molecule has 0 fully saturated rings. The number of aliphatic hydroxyl groups is 1. The predicted molar refractivity (Wildman–Crippen MR) is 77.5 cm³/mol. The van der Waals surface area contributed by atoms with Crippen molar-refractivity contribution in [1.29, 1.82) is 0 Å². The molecule has 7 nitrogen and oxygen atoms in total. The summed E-state index contributed by atoms with van der Waals surface area (Å²) < 4.78 is 1.41. The van der Waals surface area contributed by atoms with Crippen LogP contribution in [0.4, 0.5) is 17.3 Å². The van der Waals surface area contributed by atoms with Crippen LogP contribution in [0.15, 0.2) is 48.7 Å². The van der Waals surface area contributed by atoms with Gasteiger partial charge in [0.15, 0.2) is 0 Å². The lowest BCUT2D eigenvalue weighted by Crippen LogP contribution is -1.99. The first-order valence-electron chi connectivity index (χ1n) is 6.27. The number of benzene rings is 1. The topological polar surface area (TPSA) is 92.7 Å². The van der Waals surface area contributed by atoms with Crippen LogP contribution in [0.3, 0.4) is 0 Å². The van der Waals surface area contributed by atoms with Crippen molar-refractivity contribution in [2.45, 2.75) is 6.61 Å². The van der Waals surface area contributed by atoms with Crippen LogP contribution in [0, 0.1) is 10.1 Å². The summed E-state index contributed by atoms with van der Waals surface area (Å²) in [5.41, 5.74) is 1.84. The maximum Gasteiger partial charge on any atom is 0.372 e. The third-order valence-corrected chi connectivity index (χ3v) is 3.05. The largest absolute Gasteiger partial charge is 0.392 e. The van der Waals surface area contributed by atoms with E-state index in [0.717, 1.165) is 0 Å². The van der Waals surface area contributed by atoms with E-state index in [1.165, 1.54) is 4.40 Å². The quantitative estimate of drug-likeness (QED) is 0.567. The number of nitrogens with zero attached hydrogens (tertiary/aromatic N) is 3. The number of nitro groups is 1. The van der Waals surface area contributed by atoms with E-state index in [9.17, 15) is 10.1 Å². The second-order valence-electron chi connectivity index (χ2n) is 4.45. The fraction of sp³-hybridized carbons (Fsp3) is 0.0714. The molecule has 0 bridgehead atoms. The lowest BCUT2D eigenvalue weighted by Gasteiger charge is -2.04. The Morgan fingerprint density at radius 2 is 2.14 bits per heavy atom. The van der Waals surface area contributed by atoms with E-state index in [1.54, 1.807) is 48.7 Å². The number of rotatable bonds is 4. The number of hydrogen-bond donors (Lipinski definition) is 2. The summed E-state index contributed by atoms with van der Waals surface area (Å²) in [4.78, 5) is 15.0. The molecule has 21 heavy (non-hydrogen) atoms. The van der Waals surface area contributed by atoms with Crippen molar-refractivity contribution in [3.63, 3.8) is 0 Å². The molecule has 0 unspecified atom stereocenters. The Morgan fingerprint density at radius 3 is 2.90 bits per heavy atom. The normalized spacial score (nSPS) is 10.7. The summed E-state index contributed by atoms with van der Waals surface area (Å²) in [5, 5.41) is 23.3. The van der Waals surface area contributed by atoms with Gasteiger partial charge in [0.2, 0.25) is 11.5 Å². The standard InChI is InChI=1S/C14H12N4O3/c19-9-10-4-3-5-11(8-10)15-13-14(18(20)21)17-7-2-1-6-12(17)16-13/h1-8,15,19H,9H2. The minimum atomic E-state index is -0.474. The van der Waals surface area contributed by atoms with Crippen LogP contribution in [-0.2, 0) is 6.61 Å². The number of fused-ring (bicyclic) bond motifs is 1. The highest BCUT2D eigenvalue weighted by Gasteiger charge is 2.22. The molecule has 1 aromatic carbocycles. The zero-order valence-electron chi connectivity index (χ0n) is 10.9. The van der Waals surface area contributed by atoms with E-state index < -0.39 is 4.92 Å². The average Bonchev–Trinajstić information content (AvgIpc) is 2.85. The average molecular weight is 284 g/mol. The molecule has 2 N–H and O–H groups in total. The first-order chi connectivity index (χ1) is 10.2. The molecule has 0 saturated heterocycles. The van der Waals surface area contributed by atoms with Crippen LogP contribution < -0.4 is 5.32 Å². The molecule has 0 aliphatic rings. The van der Waals surface area contributed by atoms with Gasteiger partial charge in [-0.3, -0.25) is 0 Å². The maximum absolute atomic E-state index is 11.3. The lowest BCUT2D eigenvalue weighted by molar-refractivity contribution is -0.389. The SMILES string of the molecule is O=[N+]([O-])c1c(Nc2cccc(CO)c2)nc2ccccn12. The molecular weight excluding hydrogens is 272 g/mol. The highest BCUT2D eigenvalue weighted by molar-refractivity contribution is 5.69. The molecule has 0 aliphatic carbocycles. The molecule has 106 valence electrons. The second-order valence-corrected chi connectivity index (χ2v) is 4.45. The molecule has 0 amide bonds. The molecule has 3 aromatic rings. The summed E-state index contributed by atoms with van der Waals surface area (Å²) in [6.07, 6.45) is 1.59. The number of pyridine rings is 1. The van der Waals surface area contributed by atoms with Crippen molar-refractivity contribution in [2.75, 3.05) is 5.32 Å². The van der Waals surface area contributed by atoms with Gasteiger partial charge in [0, 0.05) is 11.8 Å². The molecule has 2 aromatic heterocycles. The van der Waals surface area contributed by atoms with Gasteiger partial charge in [-0.25, -0.2) is 0 Å². The van der Waals surface area contributed by atoms with Crippen molar-refractivity contribution >= 4 is 23.0 Å². The van der Waals surface area contributed by atoms with Crippen molar-refractivity contribution in [1.82, 2.24) is 9.38 Å². The number of aromatic nitrogens is 2. The van der Waals surface area contributed by atoms with Crippen LogP contribution in [0.5, 0.6) is 0 Å². The number of aliphatic hydroxyl groups excluding tert-OH is 1. The van der Waals surface area contributed by atoms with Gasteiger partial charge in [-0.1, -0.05) is 18.2 Å². The third-order valence-electron chi connectivity index (χ3n) is 3.05. The van der Waals surface area contributed by atoms with Crippen molar-refractivity contribution in [3.8, 4) is 0 Å². The van der Waals surface area contributed by atoms with Gasteiger partial charge in [0.1, 0.15) is 0 Å². The van der Waals surface area contributed by atoms with Crippen LogP contribution in [-0.4, -0.2) is 19.4 Å². The van der Waals surface area contributed by atoms with Gasteiger partial charge in [-0.15, -0.1) is 0 Å². The van der Waals surface area contributed by atoms with Crippen molar-refractivity contribution in [2.24, 2.45) is 0 Å². The van der Waals surface area contributed by atoms with E-state index in [0.29, 0.717) is 16.9 Å². The van der Waals surface area contributed by atoms with Gasteiger partial charge in [-0.05, 0) is 28.7 Å². The summed E-state index contributed by atoms with van der Waals surface area (Å²) in [6, 6.07) is 12.2. The molecule has 0 radical (unpaired) electrons. The van der Waals surface area contributed by atoms with Crippen LogP contribution >= 0.6 is 0 Å². The van der Waals surface area contributed by atoms with Crippen LogP contribution in [0.25, 0.3) is 5.65 Å². The highest BCUT2D eigenvalue weighted by Crippen LogP contribution is 2.28. The summed E-state index contributed by atoms with van der Waals surface area (Å²) >= 11 is 0. The zero-order chi connectivity index (χ0) is 14.8. The van der Waals surface area contributed by atoms with E-state index >= 15 is 0 Å². The van der Waals surface area contributed by atoms with E-state index in [4.69, 9.17) is 5.11 Å². The van der Waals surface area contributed by atoms with Gasteiger partial charge < -0.3 is 20.5 Å². The zero-order valence-corrected chi connectivity index (χ0v) is 10.9. The van der Waals surface area contributed by atoms with E-state index in [2.05, 4.69) is 10.3 Å². The summed E-state index contributed by atoms with van der Waals surface area (Å²) in [5.74, 6) is 0.0429. The Hall–Kier alpha value is -2.93. The fourth-order valence-electron chi connectivity index (χ4n) is 2.13. The van der Waals surface area contributed by atoms with Gasteiger partial charge in [0.05, 0.1) is 12.8 Å². The summed E-state index contributed by atoms with van der Waals surface area (Å²) in [7, 11) is 0. The number of hydrogen-bond acceptors (Lipinski definition) is 5. The monoisotopic (exact) mass is 284 g/mol. The number of nitrogens with one attached hydrogen (secondary N) is 1. The first-order valence-corrected chi connectivity index (χ1v) is 6.27. The Kier molecular flexibility index (Phi) is 3.25. The predicted octanol–water partition coefficient (Wildman–Crippen LogP) is 2.48. The molecule has 0 saturated carbocycles. The third kappa shape index (κ3) is 2.41. The van der Waals surface area contributed by atoms with Gasteiger partial charge in [0.25, 0.3) is 0 Å². The second kappa shape index (κ2) is 5.22. The molecule has 0 spiro atoms. The Labute approximate surface area is 119 Å². The van der Waals surface area contributed by atoms with Crippen LogP contribution in [0.1, 0.15) is 5.56 Å². The fourth-order valence-corrected chi connectivity index (χ4v) is 2.13.